The zero-order chi connectivity index (χ0) is 17.1. The van der Waals surface area contributed by atoms with E-state index in [1.807, 2.05) is 62.4 Å². The SMILES string of the molecule is Cc1cccc(-n2nnnc2S[C@@H](C(N)=O)c2ccccc2)c1C. The van der Waals surface area contributed by atoms with E-state index in [4.69, 9.17) is 5.73 Å². The van der Waals surface area contributed by atoms with Gasteiger partial charge in [-0.15, -0.1) is 5.10 Å². The Morgan fingerprint density at radius 2 is 1.88 bits per heavy atom. The third kappa shape index (κ3) is 3.16. The monoisotopic (exact) mass is 339 g/mol. The van der Waals surface area contributed by atoms with Gasteiger partial charge < -0.3 is 5.73 Å². The van der Waals surface area contributed by atoms with Gasteiger partial charge in [0.05, 0.1) is 5.69 Å². The fourth-order valence-corrected chi connectivity index (χ4v) is 3.33. The second kappa shape index (κ2) is 6.84. The second-order valence-electron chi connectivity index (χ2n) is 5.40. The number of aryl methyl sites for hydroxylation is 1. The summed E-state index contributed by atoms with van der Waals surface area (Å²) < 4.78 is 1.64. The number of benzene rings is 2. The fraction of sp³-hybridized carbons (Fsp3) is 0.176. The minimum atomic E-state index is -0.555. The minimum absolute atomic E-state index is 0.429. The molecule has 122 valence electrons. The summed E-state index contributed by atoms with van der Waals surface area (Å²) in [7, 11) is 0. The normalized spacial score (nSPS) is 12.1. The number of hydrogen-bond donors (Lipinski definition) is 1. The van der Waals surface area contributed by atoms with Gasteiger partial charge in [0.2, 0.25) is 11.1 Å². The van der Waals surface area contributed by atoms with Crippen molar-refractivity contribution in [2.24, 2.45) is 5.73 Å². The predicted octanol–water partition coefficient (Wildman–Crippen LogP) is 2.60. The summed E-state index contributed by atoms with van der Waals surface area (Å²) in [5.41, 5.74) is 9.53. The molecule has 0 aliphatic heterocycles. The summed E-state index contributed by atoms with van der Waals surface area (Å²) >= 11 is 1.24. The first-order valence-electron chi connectivity index (χ1n) is 7.44. The Morgan fingerprint density at radius 1 is 1.12 bits per heavy atom. The molecule has 0 aliphatic carbocycles. The maximum atomic E-state index is 11.9. The molecule has 3 rings (SSSR count). The molecule has 1 heterocycles. The van der Waals surface area contributed by atoms with Crippen molar-refractivity contribution >= 4 is 17.7 Å². The summed E-state index contributed by atoms with van der Waals surface area (Å²) in [6.45, 7) is 4.05. The van der Waals surface area contributed by atoms with E-state index in [1.54, 1.807) is 4.68 Å². The molecule has 0 unspecified atom stereocenters. The lowest BCUT2D eigenvalue weighted by atomic mass is 10.1. The van der Waals surface area contributed by atoms with Gasteiger partial charge in [-0.2, -0.15) is 4.68 Å². The predicted molar refractivity (Wildman–Crippen MR) is 92.9 cm³/mol. The third-order valence-electron chi connectivity index (χ3n) is 3.83. The standard InChI is InChI=1S/C17H17N5OS/c1-11-7-6-10-14(12(11)2)22-17(19-20-21-22)24-15(16(18)23)13-8-4-3-5-9-13/h3-10,15H,1-2H3,(H2,18,23)/t15-/m1/s1. The number of hydrogen-bond acceptors (Lipinski definition) is 5. The maximum absolute atomic E-state index is 11.9. The lowest BCUT2D eigenvalue weighted by molar-refractivity contribution is -0.117. The highest BCUT2D eigenvalue weighted by atomic mass is 32.2. The van der Waals surface area contributed by atoms with Crippen LogP contribution in [0.25, 0.3) is 5.69 Å². The zero-order valence-corrected chi connectivity index (χ0v) is 14.2. The number of tetrazole rings is 1. The Kier molecular flexibility index (Phi) is 4.61. The number of carbonyl (C=O) groups excluding carboxylic acids is 1. The van der Waals surface area contributed by atoms with E-state index >= 15 is 0 Å². The van der Waals surface area contributed by atoms with Gasteiger partial charge in [0.15, 0.2) is 0 Å². The Balaban J connectivity index is 1.98. The summed E-state index contributed by atoms with van der Waals surface area (Å²) in [6.07, 6.45) is 0. The van der Waals surface area contributed by atoms with Crippen LogP contribution in [0.2, 0.25) is 0 Å². The van der Waals surface area contributed by atoms with Crippen LogP contribution in [0, 0.1) is 13.8 Å². The number of nitrogens with two attached hydrogens (primary N) is 1. The van der Waals surface area contributed by atoms with Crippen LogP contribution < -0.4 is 5.73 Å². The van der Waals surface area contributed by atoms with Crippen LogP contribution in [0.1, 0.15) is 21.9 Å². The molecule has 2 aromatic carbocycles. The highest BCUT2D eigenvalue weighted by Gasteiger charge is 2.23. The Labute approximate surface area is 144 Å². The molecule has 0 bridgehead atoms. The third-order valence-corrected chi connectivity index (χ3v) is 5.03. The van der Waals surface area contributed by atoms with E-state index < -0.39 is 11.2 Å². The van der Waals surface area contributed by atoms with E-state index in [0.717, 1.165) is 22.4 Å². The number of primary amides is 1. The topological polar surface area (TPSA) is 86.7 Å². The van der Waals surface area contributed by atoms with Crippen LogP contribution in [-0.2, 0) is 4.79 Å². The van der Waals surface area contributed by atoms with Crippen molar-refractivity contribution in [2.75, 3.05) is 0 Å². The minimum Gasteiger partial charge on any atom is -0.368 e. The van der Waals surface area contributed by atoms with E-state index in [0.29, 0.717) is 5.16 Å². The molecular weight excluding hydrogens is 322 g/mol. The molecule has 6 nitrogen and oxygen atoms in total. The van der Waals surface area contributed by atoms with E-state index in [9.17, 15) is 4.79 Å². The first kappa shape index (κ1) is 16.2. The van der Waals surface area contributed by atoms with Crippen molar-refractivity contribution in [1.29, 1.82) is 0 Å². The molecular formula is C17H17N5OS. The second-order valence-corrected chi connectivity index (χ2v) is 6.48. The summed E-state index contributed by atoms with van der Waals surface area (Å²) in [5, 5.41) is 11.9. The molecule has 0 aliphatic rings. The largest absolute Gasteiger partial charge is 0.368 e. The number of thioether (sulfide) groups is 1. The van der Waals surface area contributed by atoms with Gasteiger partial charge in [-0.05, 0) is 47.0 Å². The van der Waals surface area contributed by atoms with Gasteiger partial charge in [0, 0.05) is 0 Å². The van der Waals surface area contributed by atoms with Crippen LogP contribution >= 0.6 is 11.8 Å². The van der Waals surface area contributed by atoms with Crippen LogP contribution in [0.4, 0.5) is 0 Å². The zero-order valence-electron chi connectivity index (χ0n) is 13.4. The molecule has 2 N–H and O–H groups in total. The van der Waals surface area contributed by atoms with Gasteiger partial charge in [-0.3, -0.25) is 4.79 Å². The van der Waals surface area contributed by atoms with E-state index in [1.165, 1.54) is 11.8 Å². The molecule has 0 spiro atoms. The molecule has 7 heteroatoms. The summed E-state index contributed by atoms with van der Waals surface area (Å²) in [4.78, 5) is 11.9. The smallest absolute Gasteiger partial charge is 0.235 e. The van der Waals surface area contributed by atoms with E-state index in [-0.39, 0.29) is 0 Å². The van der Waals surface area contributed by atoms with Gasteiger partial charge in [-0.1, -0.05) is 54.2 Å². The van der Waals surface area contributed by atoms with Crippen molar-refractivity contribution in [3.05, 3.63) is 65.2 Å². The molecule has 1 aromatic heterocycles. The summed E-state index contributed by atoms with van der Waals surface area (Å²) in [6, 6.07) is 15.3. The van der Waals surface area contributed by atoms with Gasteiger partial charge in [0.25, 0.3) is 0 Å². The van der Waals surface area contributed by atoms with Gasteiger partial charge in [0.1, 0.15) is 5.25 Å². The van der Waals surface area contributed by atoms with Crippen molar-refractivity contribution in [2.45, 2.75) is 24.3 Å². The van der Waals surface area contributed by atoms with Gasteiger partial charge >= 0.3 is 0 Å². The first-order valence-corrected chi connectivity index (χ1v) is 8.32. The molecule has 0 saturated carbocycles. The number of carbonyl (C=O) groups is 1. The number of rotatable bonds is 5. The molecule has 1 atom stereocenters. The Hall–Kier alpha value is -2.67. The molecule has 24 heavy (non-hydrogen) atoms. The highest BCUT2D eigenvalue weighted by Crippen LogP contribution is 2.34. The number of amides is 1. The quantitative estimate of drug-likeness (QED) is 0.722. The number of aromatic nitrogens is 4. The number of nitrogens with zero attached hydrogens (tertiary/aromatic N) is 4. The average Bonchev–Trinajstić information content (AvgIpc) is 3.04. The molecule has 1 amide bonds. The molecule has 0 saturated heterocycles. The Bertz CT molecular complexity index is 862. The summed E-state index contributed by atoms with van der Waals surface area (Å²) in [5.74, 6) is -0.429. The molecule has 0 fully saturated rings. The van der Waals surface area contributed by atoms with Crippen LogP contribution in [0.3, 0.4) is 0 Å². The van der Waals surface area contributed by atoms with Crippen molar-refractivity contribution in [3.8, 4) is 5.69 Å². The van der Waals surface area contributed by atoms with Gasteiger partial charge in [-0.25, -0.2) is 0 Å². The average molecular weight is 339 g/mol. The highest BCUT2D eigenvalue weighted by molar-refractivity contribution is 8.00. The van der Waals surface area contributed by atoms with Crippen LogP contribution in [-0.4, -0.2) is 26.1 Å². The lowest BCUT2D eigenvalue weighted by Crippen LogP contribution is -2.19. The Morgan fingerprint density at radius 3 is 2.58 bits per heavy atom. The van der Waals surface area contributed by atoms with Crippen LogP contribution in [0.5, 0.6) is 0 Å². The van der Waals surface area contributed by atoms with Crippen molar-refractivity contribution in [3.63, 3.8) is 0 Å². The van der Waals surface area contributed by atoms with Crippen molar-refractivity contribution in [1.82, 2.24) is 20.2 Å². The first-order chi connectivity index (χ1) is 11.6. The lowest BCUT2D eigenvalue weighted by Gasteiger charge is -2.14. The van der Waals surface area contributed by atoms with Crippen molar-refractivity contribution < 1.29 is 4.79 Å². The fourth-order valence-electron chi connectivity index (χ4n) is 2.39. The maximum Gasteiger partial charge on any atom is 0.235 e. The van der Waals surface area contributed by atoms with Crippen LogP contribution in [0.15, 0.2) is 53.7 Å². The molecule has 0 radical (unpaired) electrons. The molecule has 3 aromatic rings. The van der Waals surface area contributed by atoms with E-state index in [2.05, 4.69) is 15.5 Å².